The number of rotatable bonds is 21. The third-order valence-electron chi connectivity index (χ3n) is 14.9. The molecule has 436 valence electrons. The Labute approximate surface area is 484 Å². The monoisotopic (exact) mass is 1130 g/mol. The Kier molecular flexibility index (Phi) is 18.3. The summed E-state index contributed by atoms with van der Waals surface area (Å²) in [6, 6.07) is 26.6. The van der Waals surface area contributed by atoms with E-state index in [1.165, 1.54) is 24.1 Å². The van der Waals surface area contributed by atoms with Crippen LogP contribution in [0.5, 0.6) is 23.0 Å². The number of anilines is 5. The van der Waals surface area contributed by atoms with Gasteiger partial charge in [0.15, 0.2) is 29.2 Å². The molecule has 9 rings (SSSR count). The second-order valence-electron chi connectivity index (χ2n) is 22.0. The standard InChI is InChI=1S/C61H71BN8O13/c1-61(2,3)83-59(76)64-25-13-12-18-43(66-55(72)53(62)63)54(71)65-39-23-21-36(22-24-39)35-82-60(77)70-47-33-52(50(79-6)31-42(47)57(74)69-45-20-11-9-17-38(45)29-48(69)58(70)75)81-27-15-7-14-26-80-51-32-46-41(30-49(51)78-5)56(73)68-40(34-67(46)4)28-37-16-8-10-19-44(37)68/h8-11,16-17,19-24,30-33,40,43,48,53,58,75H,7,12-15,18,25-29,34-35,63H2,1-6H3,(H,64,76)(H,65,71)(H,66,72)/t40-,43-,48-,53+,58?/m0/s1. The number of alkyl carbamates (subject to hydrolysis) is 1. The number of ether oxygens (including phenoxy) is 6. The average Bonchev–Trinajstić information content (AvgIpc) is 2.38. The Balaban J connectivity index is 0.833. The second kappa shape index (κ2) is 25.7. The number of para-hydroxylation sites is 2. The normalized spacial score (nSPS) is 17.5. The second-order valence-corrected chi connectivity index (χ2v) is 22.0. The van der Waals surface area contributed by atoms with Crippen LogP contribution in [-0.2, 0) is 38.5 Å². The molecule has 6 amide bonds. The number of hydrogen-bond acceptors (Lipinski definition) is 15. The molecule has 5 atom stereocenters. The van der Waals surface area contributed by atoms with E-state index in [1.807, 2.05) is 48.3 Å². The highest BCUT2D eigenvalue weighted by molar-refractivity contribution is 6.24. The maximum atomic E-state index is 14.6. The van der Waals surface area contributed by atoms with E-state index in [0.717, 1.165) is 33.8 Å². The lowest BCUT2D eigenvalue weighted by Crippen LogP contribution is -2.52. The van der Waals surface area contributed by atoms with Gasteiger partial charge in [0.2, 0.25) is 11.8 Å². The molecule has 6 N–H and O–H groups in total. The van der Waals surface area contributed by atoms with Crippen LogP contribution < -0.4 is 60.2 Å². The number of nitrogens with zero attached hydrogens (tertiary/aromatic N) is 4. The molecule has 0 fully saturated rings. The van der Waals surface area contributed by atoms with Crippen molar-refractivity contribution in [2.75, 3.05) is 72.5 Å². The predicted octanol–water partition coefficient (Wildman–Crippen LogP) is 6.97. The number of nitrogens with two attached hydrogens (primary N) is 1. The molecule has 0 aromatic heterocycles. The maximum absolute atomic E-state index is 14.6. The van der Waals surface area contributed by atoms with Crippen LogP contribution in [0, 0.1) is 0 Å². The van der Waals surface area contributed by atoms with E-state index in [2.05, 4.69) is 26.9 Å². The number of carbonyl (C=O) groups is 6. The number of carbonyl (C=O) groups excluding carboxylic acids is 6. The van der Waals surface area contributed by atoms with E-state index in [0.29, 0.717) is 79.3 Å². The van der Waals surface area contributed by atoms with E-state index in [4.69, 9.17) is 42.0 Å². The van der Waals surface area contributed by atoms with Crippen molar-refractivity contribution >= 4 is 72.1 Å². The third kappa shape index (κ3) is 13.4. The van der Waals surface area contributed by atoms with Gasteiger partial charge in [-0.25, -0.2) is 14.5 Å². The molecule has 22 heteroatoms. The van der Waals surface area contributed by atoms with Crippen LogP contribution in [0.2, 0.25) is 0 Å². The first-order valence-electron chi connectivity index (χ1n) is 27.9. The zero-order chi connectivity index (χ0) is 59.1. The Hall–Kier alpha value is -8.50. The van der Waals surface area contributed by atoms with Gasteiger partial charge in [0.25, 0.3) is 11.8 Å². The molecule has 0 bridgehead atoms. The number of fused-ring (bicyclic) bond motifs is 8. The van der Waals surface area contributed by atoms with Crippen LogP contribution in [0.3, 0.4) is 0 Å². The highest BCUT2D eigenvalue weighted by Gasteiger charge is 2.48. The summed E-state index contributed by atoms with van der Waals surface area (Å²) in [5, 5.41) is 20.3. The van der Waals surface area contributed by atoms with Gasteiger partial charge in [-0.05, 0) is 125 Å². The molecule has 21 nitrogen and oxygen atoms in total. The van der Waals surface area contributed by atoms with E-state index in [1.54, 1.807) is 70.3 Å². The number of aliphatic hydroxyl groups is 1. The Morgan fingerprint density at radius 2 is 1.31 bits per heavy atom. The smallest absolute Gasteiger partial charge is 0.416 e. The van der Waals surface area contributed by atoms with Crippen LogP contribution >= 0.6 is 0 Å². The minimum Gasteiger partial charge on any atom is -0.493 e. The van der Waals surface area contributed by atoms with Gasteiger partial charge in [0, 0.05) is 55.3 Å². The van der Waals surface area contributed by atoms with Crippen LogP contribution in [0.4, 0.5) is 38.0 Å². The number of nitrogens with one attached hydrogen (secondary N) is 3. The van der Waals surface area contributed by atoms with Crippen LogP contribution in [0.1, 0.15) is 96.7 Å². The number of hydrogen-bond donors (Lipinski definition) is 5. The van der Waals surface area contributed by atoms with Crippen molar-refractivity contribution in [3.05, 3.63) is 125 Å². The van der Waals surface area contributed by atoms with Gasteiger partial charge in [-0.15, -0.1) is 0 Å². The fourth-order valence-corrected chi connectivity index (χ4v) is 10.9. The van der Waals surface area contributed by atoms with Gasteiger partial charge in [-0.3, -0.25) is 19.2 Å². The zero-order valence-electron chi connectivity index (χ0n) is 47.6. The predicted molar refractivity (Wildman–Crippen MR) is 313 cm³/mol. The van der Waals surface area contributed by atoms with Crippen molar-refractivity contribution in [1.82, 2.24) is 10.6 Å². The SMILES string of the molecule is [B][C@H](N)C(=O)N[C@@H](CCCCNC(=O)OC(C)(C)C)C(=O)Nc1ccc(COC(=O)N2c3cc(OCCCCCOc4cc5c(cc4OC)C(=O)N4c6ccccc6C[C@H]4CN5C)c(OC)cc3C(=O)N3c4ccccc4C[C@H]3C2O)cc1. The molecule has 0 aliphatic carbocycles. The summed E-state index contributed by atoms with van der Waals surface area (Å²) in [5.41, 5.74) is 10.8. The van der Waals surface area contributed by atoms with Crippen molar-refractivity contribution in [2.45, 2.75) is 115 Å². The summed E-state index contributed by atoms with van der Waals surface area (Å²) in [7, 11) is 10.6. The van der Waals surface area contributed by atoms with Crippen LogP contribution in [0.15, 0.2) is 97.1 Å². The number of likely N-dealkylation sites (N-methyl/N-ethyl adjacent to an activating group) is 1. The number of benzene rings is 5. The quantitative estimate of drug-likeness (QED) is 0.0367. The summed E-state index contributed by atoms with van der Waals surface area (Å²) in [6.07, 6.45) is 1.09. The zero-order valence-corrected chi connectivity index (χ0v) is 47.6. The lowest BCUT2D eigenvalue weighted by atomic mass is 9.96. The first-order chi connectivity index (χ1) is 39.8. The number of amides is 6. The fourth-order valence-electron chi connectivity index (χ4n) is 10.9. The van der Waals surface area contributed by atoms with Gasteiger partial charge in [0.05, 0.1) is 62.0 Å². The molecule has 5 aromatic carbocycles. The Bertz CT molecular complexity index is 3230. The van der Waals surface area contributed by atoms with Crippen LogP contribution in [-0.4, -0.2) is 132 Å². The summed E-state index contributed by atoms with van der Waals surface area (Å²) >= 11 is 0. The van der Waals surface area contributed by atoms with Gasteiger partial charge >= 0.3 is 12.2 Å². The molecule has 1 unspecified atom stereocenters. The molecule has 4 aliphatic heterocycles. The molecular formula is C61H71BN8O13. The first kappa shape index (κ1) is 59.1. The van der Waals surface area contributed by atoms with E-state index in [9.17, 15) is 33.9 Å². The minimum absolute atomic E-state index is 0.00420. The van der Waals surface area contributed by atoms with Crippen molar-refractivity contribution in [3.63, 3.8) is 0 Å². The van der Waals surface area contributed by atoms with Crippen LogP contribution in [0.25, 0.3) is 0 Å². The van der Waals surface area contributed by atoms with E-state index >= 15 is 0 Å². The van der Waals surface area contributed by atoms with Crippen molar-refractivity contribution in [3.8, 4) is 23.0 Å². The van der Waals surface area contributed by atoms with Gasteiger partial charge in [0.1, 0.15) is 26.1 Å². The molecule has 83 heavy (non-hydrogen) atoms. The lowest BCUT2D eigenvalue weighted by Gasteiger charge is -2.32. The molecule has 5 aromatic rings. The molecule has 0 saturated carbocycles. The average molecular weight is 1140 g/mol. The number of aliphatic hydroxyl groups excluding tert-OH is 1. The Morgan fingerprint density at radius 1 is 0.723 bits per heavy atom. The molecule has 0 saturated heterocycles. The maximum Gasteiger partial charge on any atom is 0.416 e. The minimum atomic E-state index is -1.56. The Morgan fingerprint density at radius 3 is 1.94 bits per heavy atom. The summed E-state index contributed by atoms with van der Waals surface area (Å²) in [5.74, 6) is -1.66. The van der Waals surface area contributed by atoms with E-state index in [-0.39, 0.29) is 67.3 Å². The van der Waals surface area contributed by atoms with Gasteiger partial charge in [-0.2, -0.15) is 0 Å². The molecule has 2 radical (unpaired) electrons. The molecule has 4 aliphatic rings. The number of methoxy groups -OCH3 is 2. The van der Waals surface area contributed by atoms with Crippen molar-refractivity contribution < 1.29 is 62.3 Å². The van der Waals surface area contributed by atoms with E-state index < -0.39 is 59.8 Å². The number of unbranched alkanes of at least 4 members (excludes halogenated alkanes) is 3. The van der Waals surface area contributed by atoms with Gasteiger partial charge in [-0.1, -0.05) is 48.5 Å². The van der Waals surface area contributed by atoms with Crippen molar-refractivity contribution in [1.29, 1.82) is 0 Å². The fraction of sp³-hybridized carbons (Fsp3) is 0.410. The first-order valence-corrected chi connectivity index (χ1v) is 27.9. The lowest BCUT2D eigenvalue weighted by molar-refractivity contribution is -0.126. The summed E-state index contributed by atoms with van der Waals surface area (Å²) in [6.45, 7) is 6.56. The third-order valence-corrected chi connectivity index (χ3v) is 14.9. The largest absolute Gasteiger partial charge is 0.493 e. The highest BCUT2D eigenvalue weighted by Crippen LogP contribution is 2.45. The topological polar surface area (TPSA) is 253 Å². The summed E-state index contributed by atoms with van der Waals surface area (Å²) < 4.78 is 35.2. The van der Waals surface area contributed by atoms with Gasteiger partial charge < -0.3 is 69.9 Å². The highest BCUT2D eigenvalue weighted by atomic mass is 16.6. The molecular weight excluding hydrogens is 1060 g/mol. The molecule has 4 heterocycles. The summed E-state index contributed by atoms with van der Waals surface area (Å²) in [4.78, 5) is 87.7. The molecule has 0 spiro atoms. The van der Waals surface area contributed by atoms with Crippen molar-refractivity contribution in [2.24, 2.45) is 5.73 Å².